The van der Waals surface area contributed by atoms with Crippen molar-refractivity contribution >= 4 is 21.7 Å². The van der Waals surface area contributed by atoms with Crippen molar-refractivity contribution in [3.8, 4) is 0 Å². The molecule has 1 amide bonds. The highest BCUT2D eigenvalue weighted by Gasteiger charge is 2.31. The SMILES string of the molecule is Cc1noc(C)c1S(=O)(=O)N(C)CC(=O)N1CCN(c2ccccn2)CC1. The van der Waals surface area contributed by atoms with Crippen LogP contribution >= 0.6 is 0 Å². The molecular formula is C17H23N5O4S. The van der Waals surface area contributed by atoms with Crippen LogP contribution in [0.5, 0.6) is 0 Å². The summed E-state index contributed by atoms with van der Waals surface area (Å²) >= 11 is 0. The summed E-state index contributed by atoms with van der Waals surface area (Å²) < 4.78 is 31.5. The molecule has 0 aromatic carbocycles. The van der Waals surface area contributed by atoms with Gasteiger partial charge in [-0.2, -0.15) is 4.31 Å². The van der Waals surface area contributed by atoms with Gasteiger partial charge in [0.15, 0.2) is 5.76 Å². The van der Waals surface area contributed by atoms with Crippen molar-refractivity contribution in [1.29, 1.82) is 0 Å². The van der Waals surface area contributed by atoms with Gasteiger partial charge < -0.3 is 14.3 Å². The van der Waals surface area contributed by atoms with E-state index in [-0.39, 0.29) is 28.8 Å². The Morgan fingerprint density at radius 3 is 2.48 bits per heavy atom. The third-order valence-corrected chi connectivity index (χ3v) is 6.65. The molecule has 146 valence electrons. The molecule has 0 radical (unpaired) electrons. The number of aryl methyl sites for hydroxylation is 2. The van der Waals surface area contributed by atoms with Crippen LogP contribution in [0.4, 0.5) is 5.82 Å². The number of rotatable bonds is 5. The molecule has 3 heterocycles. The molecule has 2 aromatic rings. The van der Waals surface area contributed by atoms with Gasteiger partial charge in [0.25, 0.3) is 0 Å². The Morgan fingerprint density at radius 1 is 1.22 bits per heavy atom. The van der Waals surface area contributed by atoms with Gasteiger partial charge in [0.2, 0.25) is 15.9 Å². The Labute approximate surface area is 158 Å². The van der Waals surface area contributed by atoms with Gasteiger partial charge in [-0.1, -0.05) is 11.2 Å². The number of anilines is 1. The molecule has 1 aliphatic rings. The fourth-order valence-corrected chi connectivity index (χ4v) is 4.50. The zero-order valence-corrected chi connectivity index (χ0v) is 16.4. The molecular weight excluding hydrogens is 370 g/mol. The number of carbonyl (C=O) groups excluding carboxylic acids is 1. The van der Waals surface area contributed by atoms with E-state index in [2.05, 4.69) is 15.0 Å². The van der Waals surface area contributed by atoms with Crippen LogP contribution in [0.3, 0.4) is 0 Å². The minimum Gasteiger partial charge on any atom is -0.360 e. The van der Waals surface area contributed by atoms with E-state index in [1.54, 1.807) is 24.9 Å². The third-order valence-electron chi connectivity index (χ3n) is 4.60. The number of hydrogen-bond acceptors (Lipinski definition) is 7. The average molecular weight is 393 g/mol. The van der Waals surface area contributed by atoms with E-state index in [1.165, 1.54) is 7.05 Å². The maximum Gasteiger partial charge on any atom is 0.248 e. The summed E-state index contributed by atoms with van der Waals surface area (Å²) in [5.41, 5.74) is 0.288. The number of likely N-dealkylation sites (N-methyl/N-ethyl adjacent to an activating group) is 1. The lowest BCUT2D eigenvalue weighted by Crippen LogP contribution is -2.51. The van der Waals surface area contributed by atoms with Crippen LogP contribution in [0.1, 0.15) is 11.5 Å². The molecule has 0 saturated carbocycles. The molecule has 0 spiro atoms. The van der Waals surface area contributed by atoms with E-state index < -0.39 is 10.0 Å². The second-order valence-corrected chi connectivity index (χ2v) is 8.45. The maximum absolute atomic E-state index is 12.7. The van der Waals surface area contributed by atoms with Gasteiger partial charge >= 0.3 is 0 Å². The smallest absolute Gasteiger partial charge is 0.248 e. The Hall–Kier alpha value is -2.46. The van der Waals surface area contributed by atoms with Gasteiger partial charge in [-0.15, -0.1) is 0 Å². The Morgan fingerprint density at radius 2 is 1.93 bits per heavy atom. The van der Waals surface area contributed by atoms with Crippen molar-refractivity contribution in [1.82, 2.24) is 19.3 Å². The number of hydrogen-bond donors (Lipinski definition) is 0. The molecule has 0 atom stereocenters. The molecule has 27 heavy (non-hydrogen) atoms. The van der Waals surface area contributed by atoms with E-state index in [0.717, 1.165) is 10.1 Å². The second-order valence-electron chi connectivity index (χ2n) is 6.47. The zero-order valence-electron chi connectivity index (χ0n) is 15.6. The van der Waals surface area contributed by atoms with Gasteiger partial charge in [-0.3, -0.25) is 4.79 Å². The Balaban J connectivity index is 1.61. The summed E-state index contributed by atoms with van der Waals surface area (Å²) in [7, 11) is -2.44. The molecule has 1 saturated heterocycles. The number of nitrogens with zero attached hydrogens (tertiary/aromatic N) is 5. The van der Waals surface area contributed by atoms with Crippen molar-refractivity contribution in [3.05, 3.63) is 35.9 Å². The molecule has 0 aliphatic carbocycles. The Bertz CT molecular complexity index is 885. The third kappa shape index (κ3) is 3.96. The van der Waals surface area contributed by atoms with Gasteiger partial charge in [0, 0.05) is 39.4 Å². The van der Waals surface area contributed by atoms with Crippen LogP contribution in [-0.2, 0) is 14.8 Å². The lowest BCUT2D eigenvalue weighted by Gasteiger charge is -2.36. The number of piperazine rings is 1. The first-order chi connectivity index (χ1) is 12.8. The highest BCUT2D eigenvalue weighted by atomic mass is 32.2. The lowest BCUT2D eigenvalue weighted by molar-refractivity contribution is -0.131. The summed E-state index contributed by atoms with van der Waals surface area (Å²) in [5.74, 6) is 0.868. The van der Waals surface area contributed by atoms with E-state index in [0.29, 0.717) is 26.2 Å². The van der Waals surface area contributed by atoms with Crippen molar-refractivity contribution in [3.63, 3.8) is 0 Å². The van der Waals surface area contributed by atoms with Crippen LogP contribution in [0.15, 0.2) is 33.8 Å². The van der Waals surface area contributed by atoms with E-state index in [9.17, 15) is 13.2 Å². The first-order valence-electron chi connectivity index (χ1n) is 8.63. The van der Waals surface area contributed by atoms with E-state index in [4.69, 9.17) is 4.52 Å². The zero-order chi connectivity index (χ0) is 19.6. The van der Waals surface area contributed by atoms with Crippen molar-refractivity contribution in [2.45, 2.75) is 18.7 Å². The molecule has 0 N–H and O–H groups in total. The molecule has 0 bridgehead atoms. The summed E-state index contributed by atoms with van der Waals surface area (Å²) in [5, 5.41) is 3.68. The molecule has 10 heteroatoms. The van der Waals surface area contributed by atoms with Crippen molar-refractivity contribution in [2.75, 3.05) is 44.7 Å². The molecule has 3 rings (SSSR count). The van der Waals surface area contributed by atoms with Crippen LogP contribution in [0.25, 0.3) is 0 Å². The molecule has 1 fully saturated rings. The van der Waals surface area contributed by atoms with Crippen LogP contribution in [-0.4, -0.2) is 73.4 Å². The van der Waals surface area contributed by atoms with Crippen molar-refractivity contribution < 1.29 is 17.7 Å². The highest BCUT2D eigenvalue weighted by Crippen LogP contribution is 2.22. The molecule has 0 unspecified atom stereocenters. The summed E-state index contributed by atoms with van der Waals surface area (Å²) in [6, 6.07) is 5.72. The summed E-state index contributed by atoms with van der Waals surface area (Å²) in [6.45, 7) is 5.24. The van der Waals surface area contributed by atoms with Gasteiger partial charge in [0.05, 0.1) is 6.54 Å². The van der Waals surface area contributed by atoms with E-state index >= 15 is 0 Å². The van der Waals surface area contributed by atoms with E-state index in [1.807, 2.05) is 18.2 Å². The highest BCUT2D eigenvalue weighted by molar-refractivity contribution is 7.89. The summed E-state index contributed by atoms with van der Waals surface area (Å²) in [6.07, 6.45) is 1.74. The predicted molar refractivity (Wildman–Crippen MR) is 98.8 cm³/mol. The average Bonchev–Trinajstić information content (AvgIpc) is 3.01. The normalized spacial score (nSPS) is 15.4. The van der Waals surface area contributed by atoms with Gasteiger partial charge in [-0.25, -0.2) is 13.4 Å². The predicted octanol–water partition coefficient (Wildman–Crippen LogP) is 0.656. The molecule has 2 aromatic heterocycles. The number of carbonyl (C=O) groups is 1. The lowest BCUT2D eigenvalue weighted by atomic mass is 10.3. The minimum absolute atomic E-state index is 0.0257. The van der Waals surface area contributed by atoms with Crippen LogP contribution < -0.4 is 4.90 Å². The van der Waals surface area contributed by atoms with Crippen molar-refractivity contribution in [2.24, 2.45) is 0 Å². The molecule has 1 aliphatic heterocycles. The minimum atomic E-state index is -3.84. The summed E-state index contributed by atoms with van der Waals surface area (Å²) in [4.78, 5) is 20.7. The quantitative estimate of drug-likeness (QED) is 0.735. The van der Waals surface area contributed by atoms with Crippen LogP contribution in [0.2, 0.25) is 0 Å². The first kappa shape index (κ1) is 19.3. The topological polar surface area (TPSA) is 99.8 Å². The number of aromatic nitrogens is 2. The Kier molecular flexibility index (Phi) is 5.47. The monoisotopic (exact) mass is 393 g/mol. The number of pyridine rings is 1. The number of amides is 1. The van der Waals surface area contributed by atoms with Gasteiger partial charge in [0.1, 0.15) is 16.4 Å². The largest absolute Gasteiger partial charge is 0.360 e. The van der Waals surface area contributed by atoms with Crippen LogP contribution in [0, 0.1) is 13.8 Å². The standard InChI is InChI=1S/C17H23N5O4S/c1-13-17(14(2)26-19-13)27(24,25)20(3)12-16(23)22-10-8-21(9-11-22)15-6-4-5-7-18-15/h4-7H,8-12H2,1-3H3. The molecule has 9 nitrogen and oxygen atoms in total. The van der Waals surface area contributed by atoms with Gasteiger partial charge in [-0.05, 0) is 26.0 Å². The number of sulfonamides is 1. The second kappa shape index (κ2) is 7.65. The fraction of sp³-hybridized carbons (Fsp3) is 0.471. The first-order valence-corrected chi connectivity index (χ1v) is 10.1. The fourth-order valence-electron chi connectivity index (χ4n) is 3.10. The maximum atomic E-state index is 12.7.